The third kappa shape index (κ3) is 4.85. The van der Waals surface area contributed by atoms with E-state index in [0.717, 1.165) is 44.5 Å². The minimum Gasteiger partial charge on any atom is -0.444 e. The van der Waals surface area contributed by atoms with Crippen LogP contribution >= 0.6 is 0 Å². The predicted octanol–water partition coefficient (Wildman–Crippen LogP) is 3.73. The summed E-state index contributed by atoms with van der Waals surface area (Å²) >= 11 is 0. The maximum atomic E-state index is 12.1. The van der Waals surface area contributed by atoms with Gasteiger partial charge < -0.3 is 15.4 Å². The van der Waals surface area contributed by atoms with Crippen molar-refractivity contribution in [2.75, 3.05) is 18.8 Å². The van der Waals surface area contributed by atoms with Crippen LogP contribution in [0.1, 0.15) is 64.1 Å². The number of carbonyl (C=O) groups excluding carboxylic acids is 1. The Hall–Kier alpha value is -1.78. The zero-order chi connectivity index (χ0) is 17.0. The lowest BCUT2D eigenvalue weighted by Gasteiger charge is -2.34. The van der Waals surface area contributed by atoms with E-state index in [1.165, 1.54) is 5.56 Å². The number of likely N-dealkylation sites (tertiary alicyclic amines) is 1. The Bertz CT molecular complexity index is 544. The molecule has 5 nitrogen and oxygen atoms in total. The van der Waals surface area contributed by atoms with Gasteiger partial charge in [0.2, 0.25) is 0 Å². The highest BCUT2D eigenvalue weighted by Crippen LogP contribution is 2.31. The lowest BCUT2D eigenvalue weighted by atomic mass is 9.87. The molecule has 0 saturated carbocycles. The summed E-state index contributed by atoms with van der Waals surface area (Å²) in [7, 11) is 0. The summed E-state index contributed by atoms with van der Waals surface area (Å²) in [6.07, 6.45) is 3.69. The van der Waals surface area contributed by atoms with Gasteiger partial charge in [0.05, 0.1) is 0 Å². The van der Waals surface area contributed by atoms with Crippen molar-refractivity contribution in [3.63, 3.8) is 0 Å². The molecule has 1 aliphatic rings. The topological polar surface area (TPSA) is 68.5 Å². The quantitative estimate of drug-likeness (QED) is 0.921. The van der Waals surface area contributed by atoms with E-state index in [1.54, 1.807) is 0 Å². The van der Waals surface area contributed by atoms with Gasteiger partial charge >= 0.3 is 6.09 Å². The molecule has 23 heavy (non-hydrogen) atoms. The summed E-state index contributed by atoms with van der Waals surface area (Å²) in [6.45, 7) is 9.31. The minimum atomic E-state index is -0.441. The SMILES string of the molecule is CCCc1nc(N)ccc1C1CCN(C(=O)OC(C)(C)C)CC1. The molecule has 0 spiro atoms. The number of aryl methyl sites for hydroxylation is 1. The van der Waals surface area contributed by atoms with Crippen molar-refractivity contribution in [2.24, 2.45) is 0 Å². The first-order valence-electron chi connectivity index (χ1n) is 8.53. The minimum absolute atomic E-state index is 0.208. The molecule has 5 heteroatoms. The van der Waals surface area contributed by atoms with Gasteiger partial charge in [-0.2, -0.15) is 0 Å². The average molecular weight is 319 g/mol. The number of nitrogens with zero attached hydrogens (tertiary/aromatic N) is 2. The zero-order valence-corrected chi connectivity index (χ0v) is 14.8. The lowest BCUT2D eigenvalue weighted by Crippen LogP contribution is -2.41. The van der Waals surface area contributed by atoms with Gasteiger partial charge in [-0.3, -0.25) is 0 Å². The van der Waals surface area contributed by atoms with Crippen LogP contribution in [0.5, 0.6) is 0 Å². The maximum Gasteiger partial charge on any atom is 0.410 e. The number of hydrogen-bond donors (Lipinski definition) is 1. The Morgan fingerprint density at radius 2 is 2.00 bits per heavy atom. The largest absolute Gasteiger partial charge is 0.444 e. The summed E-state index contributed by atoms with van der Waals surface area (Å²) in [6, 6.07) is 4.00. The highest BCUT2D eigenvalue weighted by atomic mass is 16.6. The molecule has 1 fully saturated rings. The van der Waals surface area contributed by atoms with Crippen molar-refractivity contribution in [2.45, 2.75) is 64.9 Å². The third-order valence-electron chi connectivity index (χ3n) is 4.10. The van der Waals surface area contributed by atoms with Gasteiger partial charge in [-0.25, -0.2) is 9.78 Å². The summed E-state index contributed by atoms with van der Waals surface area (Å²) in [5.41, 5.74) is 7.80. The molecule has 2 N–H and O–H groups in total. The van der Waals surface area contributed by atoms with Crippen LogP contribution in [-0.4, -0.2) is 34.7 Å². The second kappa shape index (κ2) is 7.20. The van der Waals surface area contributed by atoms with Crippen LogP contribution in [0.2, 0.25) is 0 Å². The molecule has 1 aliphatic heterocycles. The highest BCUT2D eigenvalue weighted by molar-refractivity contribution is 5.68. The van der Waals surface area contributed by atoms with E-state index < -0.39 is 5.60 Å². The monoisotopic (exact) mass is 319 g/mol. The van der Waals surface area contributed by atoms with Gasteiger partial charge in [-0.05, 0) is 57.6 Å². The molecule has 1 amide bonds. The number of rotatable bonds is 3. The van der Waals surface area contributed by atoms with Gasteiger partial charge in [-0.15, -0.1) is 0 Å². The van der Waals surface area contributed by atoms with Crippen molar-refractivity contribution >= 4 is 11.9 Å². The number of anilines is 1. The molecule has 1 aromatic heterocycles. The van der Waals surface area contributed by atoms with Gasteiger partial charge in [0, 0.05) is 18.8 Å². The van der Waals surface area contributed by atoms with Crippen molar-refractivity contribution < 1.29 is 9.53 Å². The molecular formula is C18H29N3O2. The Labute approximate surface area is 139 Å². The van der Waals surface area contributed by atoms with E-state index in [-0.39, 0.29) is 6.09 Å². The number of ether oxygens (including phenoxy) is 1. The number of piperidine rings is 1. The van der Waals surface area contributed by atoms with Gasteiger partial charge in [0.25, 0.3) is 0 Å². The summed E-state index contributed by atoms with van der Waals surface area (Å²) in [4.78, 5) is 18.5. The first-order valence-corrected chi connectivity index (χ1v) is 8.53. The van der Waals surface area contributed by atoms with E-state index in [4.69, 9.17) is 10.5 Å². The molecule has 0 unspecified atom stereocenters. The Balaban J connectivity index is 2.01. The van der Waals surface area contributed by atoms with E-state index >= 15 is 0 Å². The first-order chi connectivity index (χ1) is 10.8. The van der Waals surface area contributed by atoms with Crippen LogP contribution in [0.25, 0.3) is 0 Å². The van der Waals surface area contributed by atoms with E-state index in [0.29, 0.717) is 11.7 Å². The number of carbonyl (C=O) groups is 1. The van der Waals surface area contributed by atoms with Gasteiger partial charge in [0.15, 0.2) is 0 Å². The molecule has 0 radical (unpaired) electrons. The van der Waals surface area contributed by atoms with Crippen LogP contribution in [0.3, 0.4) is 0 Å². The smallest absolute Gasteiger partial charge is 0.410 e. The number of nitrogens with two attached hydrogens (primary N) is 1. The van der Waals surface area contributed by atoms with Crippen molar-refractivity contribution in [3.8, 4) is 0 Å². The summed E-state index contributed by atoms with van der Waals surface area (Å²) < 4.78 is 5.45. The number of aromatic nitrogens is 1. The predicted molar refractivity (Wildman–Crippen MR) is 92.4 cm³/mol. The fourth-order valence-electron chi connectivity index (χ4n) is 3.04. The molecule has 128 valence electrons. The Morgan fingerprint density at radius 1 is 1.35 bits per heavy atom. The van der Waals surface area contributed by atoms with E-state index in [9.17, 15) is 4.79 Å². The van der Waals surface area contributed by atoms with Crippen LogP contribution in [-0.2, 0) is 11.2 Å². The molecular weight excluding hydrogens is 290 g/mol. The van der Waals surface area contributed by atoms with Crippen LogP contribution in [0.4, 0.5) is 10.6 Å². The number of amides is 1. The second-order valence-electron chi connectivity index (χ2n) is 7.26. The first kappa shape index (κ1) is 17.6. The molecule has 0 atom stereocenters. The number of nitrogen functional groups attached to an aromatic ring is 1. The summed E-state index contributed by atoms with van der Waals surface area (Å²) in [5, 5.41) is 0. The standard InChI is InChI=1S/C18H29N3O2/c1-5-6-15-14(7-8-16(19)20-15)13-9-11-21(12-10-13)17(22)23-18(2,3)4/h7-8,13H,5-6,9-12H2,1-4H3,(H2,19,20). The highest BCUT2D eigenvalue weighted by Gasteiger charge is 2.28. The van der Waals surface area contributed by atoms with Gasteiger partial charge in [-0.1, -0.05) is 19.4 Å². The van der Waals surface area contributed by atoms with Crippen LogP contribution < -0.4 is 5.73 Å². The van der Waals surface area contributed by atoms with E-state index in [2.05, 4.69) is 18.0 Å². The fraction of sp³-hybridized carbons (Fsp3) is 0.667. The molecule has 0 aromatic carbocycles. The summed E-state index contributed by atoms with van der Waals surface area (Å²) in [5.74, 6) is 1.03. The fourth-order valence-corrected chi connectivity index (χ4v) is 3.04. The second-order valence-corrected chi connectivity index (χ2v) is 7.26. The van der Waals surface area contributed by atoms with Crippen molar-refractivity contribution in [3.05, 3.63) is 23.4 Å². The molecule has 0 aliphatic carbocycles. The Morgan fingerprint density at radius 3 is 2.57 bits per heavy atom. The normalized spacial score (nSPS) is 16.4. The zero-order valence-electron chi connectivity index (χ0n) is 14.8. The van der Waals surface area contributed by atoms with Crippen LogP contribution in [0, 0.1) is 0 Å². The molecule has 1 aromatic rings. The third-order valence-corrected chi connectivity index (χ3v) is 4.10. The van der Waals surface area contributed by atoms with Crippen molar-refractivity contribution in [1.82, 2.24) is 9.88 Å². The lowest BCUT2D eigenvalue weighted by molar-refractivity contribution is 0.0204. The van der Waals surface area contributed by atoms with Crippen LogP contribution in [0.15, 0.2) is 12.1 Å². The average Bonchev–Trinajstić information content (AvgIpc) is 2.46. The van der Waals surface area contributed by atoms with Crippen molar-refractivity contribution in [1.29, 1.82) is 0 Å². The van der Waals surface area contributed by atoms with E-state index in [1.807, 2.05) is 31.7 Å². The van der Waals surface area contributed by atoms with Gasteiger partial charge in [0.1, 0.15) is 11.4 Å². The molecule has 1 saturated heterocycles. The number of hydrogen-bond acceptors (Lipinski definition) is 4. The molecule has 0 bridgehead atoms. The molecule has 2 rings (SSSR count). The maximum absolute atomic E-state index is 12.1. The number of pyridine rings is 1. The Kier molecular flexibility index (Phi) is 5.50. The molecule has 2 heterocycles.